The zero-order valence-electron chi connectivity index (χ0n) is 22.7. The molecule has 3 aliphatic rings. The lowest BCUT2D eigenvalue weighted by atomic mass is 9.72. The summed E-state index contributed by atoms with van der Waals surface area (Å²) in [6, 6.07) is 7.93. The summed E-state index contributed by atoms with van der Waals surface area (Å²) in [7, 11) is 3.61. The van der Waals surface area contributed by atoms with Crippen LogP contribution in [0.1, 0.15) is 55.8 Å². The minimum atomic E-state index is -4.50. The Kier molecular flexibility index (Phi) is 7.98. The normalized spacial score (nSPS) is 20.2. The molecule has 9 heteroatoms. The van der Waals surface area contributed by atoms with Gasteiger partial charge in [0, 0.05) is 50.8 Å². The Bertz CT molecular complexity index is 1270. The quantitative estimate of drug-likeness (QED) is 0.388. The standard InChI is InChI=1S/C30H37F3N6/c1-4-39(25-13-7-12-24(15-25)28(23-10-6-11-23)29-36-35-20-38(29)3)19-27-26(30(31,32)33)14-22(18-37(27)2)17-34-16-21-8-5-9-21/h4,7,12-15,18-21,23,28,34H,1,5-6,8-11,16-17H2,2-3H3/b27-19-. The number of nitrogens with zero attached hydrogens (tertiary/aromatic N) is 5. The van der Waals surface area contributed by atoms with Crippen molar-refractivity contribution in [2.75, 3.05) is 25.0 Å². The Morgan fingerprint density at radius 2 is 1.95 bits per heavy atom. The van der Waals surface area contributed by atoms with Crippen LogP contribution in [0.25, 0.3) is 0 Å². The highest BCUT2D eigenvalue weighted by atomic mass is 19.4. The van der Waals surface area contributed by atoms with Crippen molar-refractivity contribution in [3.05, 3.63) is 90.1 Å². The number of anilines is 1. The number of rotatable bonds is 10. The molecule has 2 saturated carbocycles. The molecular formula is C30H37F3N6. The summed E-state index contributed by atoms with van der Waals surface area (Å²) < 4.78 is 44.7. The van der Waals surface area contributed by atoms with E-state index in [4.69, 9.17) is 0 Å². The molecule has 1 aromatic carbocycles. The third-order valence-corrected chi connectivity index (χ3v) is 8.27. The van der Waals surface area contributed by atoms with Crippen LogP contribution in [0.4, 0.5) is 18.9 Å². The van der Waals surface area contributed by atoms with Gasteiger partial charge in [0.05, 0.1) is 11.3 Å². The molecule has 1 unspecified atom stereocenters. The van der Waals surface area contributed by atoms with Gasteiger partial charge in [0.25, 0.3) is 0 Å². The van der Waals surface area contributed by atoms with Crippen LogP contribution in [0.5, 0.6) is 0 Å². The Balaban J connectivity index is 1.42. The van der Waals surface area contributed by atoms with Crippen molar-refractivity contribution >= 4 is 5.69 Å². The van der Waals surface area contributed by atoms with Crippen molar-refractivity contribution in [2.45, 2.75) is 50.6 Å². The van der Waals surface area contributed by atoms with Crippen LogP contribution < -0.4 is 10.2 Å². The van der Waals surface area contributed by atoms with E-state index < -0.39 is 11.7 Å². The number of hydrogen-bond donors (Lipinski definition) is 1. The van der Waals surface area contributed by atoms with Crippen LogP contribution in [-0.2, 0) is 7.05 Å². The van der Waals surface area contributed by atoms with Gasteiger partial charge in [-0.05, 0) is 73.4 Å². The maximum Gasteiger partial charge on any atom is 0.418 e. The van der Waals surface area contributed by atoms with E-state index in [0.29, 0.717) is 24.0 Å². The summed E-state index contributed by atoms with van der Waals surface area (Å²) in [6.45, 7) is 5.16. The average molecular weight is 539 g/mol. The number of alkyl halides is 3. The molecule has 39 heavy (non-hydrogen) atoms. The van der Waals surface area contributed by atoms with Crippen molar-refractivity contribution in [1.82, 2.24) is 25.0 Å². The molecule has 1 atom stereocenters. The molecule has 2 heterocycles. The number of benzene rings is 1. The number of allylic oxidation sites excluding steroid dienone is 1. The number of likely N-dealkylation sites (N-methyl/N-ethyl adjacent to an activating group) is 1. The first kappa shape index (κ1) is 27.2. The number of nitrogens with one attached hydrogen (secondary N) is 1. The first-order chi connectivity index (χ1) is 18.7. The maximum absolute atomic E-state index is 14.3. The van der Waals surface area contributed by atoms with E-state index in [9.17, 15) is 13.2 Å². The minimum absolute atomic E-state index is 0.0689. The van der Waals surface area contributed by atoms with Crippen molar-refractivity contribution < 1.29 is 13.2 Å². The maximum atomic E-state index is 14.3. The number of aromatic nitrogens is 3. The molecule has 1 aliphatic heterocycles. The number of halogens is 3. The van der Waals surface area contributed by atoms with Gasteiger partial charge < -0.3 is 19.7 Å². The van der Waals surface area contributed by atoms with Crippen LogP contribution in [0.15, 0.2) is 78.7 Å². The Hall–Kier alpha value is -3.33. The van der Waals surface area contributed by atoms with Crippen molar-refractivity contribution in [3.8, 4) is 0 Å². The van der Waals surface area contributed by atoms with Gasteiger partial charge in [-0.1, -0.05) is 31.6 Å². The van der Waals surface area contributed by atoms with Crippen LogP contribution >= 0.6 is 0 Å². The second-order valence-corrected chi connectivity index (χ2v) is 11.0. The second-order valence-electron chi connectivity index (χ2n) is 11.0. The van der Waals surface area contributed by atoms with E-state index >= 15 is 0 Å². The van der Waals surface area contributed by atoms with E-state index in [1.165, 1.54) is 38.0 Å². The van der Waals surface area contributed by atoms with E-state index in [1.807, 2.05) is 29.8 Å². The van der Waals surface area contributed by atoms with Gasteiger partial charge in [0.2, 0.25) is 0 Å². The monoisotopic (exact) mass is 538 g/mol. The zero-order chi connectivity index (χ0) is 27.6. The molecule has 5 rings (SSSR count). The Morgan fingerprint density at radius 1 is 1.18 bits per heavy atom. The first-order valence-corrected chi connectivity index (χ1v) is 13.7. The predicted molar refractivity (Wildman–Crippen MR) is 148 cm³/mol. The molecular weight excluding hydrogens is 501 g/mol. The highest BCUT2D eigenvalue weighted by molar-refractivity contribution is 5.57. The summed E-state index contributed by atoms with van der Waals surface area (Å²) in [5.74, 6) is 2.08. The summed E-state index contributed by atoms with van der Waals surface area (Å²) in [5.41, 5.74) is 1.83. The molecule has 1 N–H and O–H groups in total. The van der Waals surface area contributed by atoms with Crippen molar-refractivity contribution in [1.29, 1.82) is 0 Å². The highest BCUT2D eigenvalue weighted by Gasteiger charge is 2.39. The third-order valence-electron chi connectivity index (χ3n) is 8.27. The van der Waals surface area contributed by atoms with Gasteiger partial charge in [-0.25, -0.2) is 0 Å². The molecule has 2 aromatic rings. The average Bonchev–Trinajstić information content (AvgIpc) is 3.26. The topological polar surface area (TPSA) is 49.2 Å². The van der Waals surface area contributed by atoms with Crippen LogP contribution in [0.2, 0.25) is 0 Å². The summed E-state index contributed by atoms with van der Waals surface area (Å²) in [4.78, 5) is 3.22. The van der Waals surface area contributed by atoms with E-state index in [2.05, 4.69) is 28.2 Å². The lowest BCUT2D eigenvalue weighted by Gasteiger charge is -2.34. The van der Waals surface area contributed by atoms with E-state index in [-0.39, 0.29) is 11.6 Å². The van der Waals surface area contributed by atoms with E-state index in [1.54, 1.807) is 35.6 Å². The SMILES string of the molecule is C=CN(/C=C1/C(C(F)(F)F)=CC(CNCC2CCC2)=CN1C)c1cccc(C(c2nncn2C)C2CCC2)c1. The first-order valence-electron chi connectivity index (χ1n) is 13.7. The fourth-order valence-electron chi connectivity index (χ4n) is 5.63. The summed E-state index contributed by atoms with van der Waals surface area (Å²) in [6.07, 6.45) is 10.4. The molecule has 0 spiro atoms. The molecule has 208 valence electrons. The Morgan fingerprint density at radius 3 is 2.54 bits per heavy atom. The Labute approximate surface area is 228 Å². The summed E-state index contributed by atoms with van der Waals surface area (Å²) >= 11 is 0. The van der Waals surface area contributed by atoms with Gasteiger partial charge in [-0.15, -0.1) is 10.2 Å². The van der Waals surface area contributed by atoms with Crippen molar-refractivity contribution in [2.24, 2.45) is 18.9 Å². The number of hydrogen-bond acceptors (Lipinski definition) is 5. The van der Waals surface area contributed by atoms with E-state index in [0.717, 1.165) is 36.5 Å². The smallest absolute Gasteiger partial charge is 0.349 e. The molecule has 6 nitrogen and oxygen atoms in total. The molecule has 0 amide bonds. The van der Waals surface area contributed by atoms with Crippen molar-refractivity contribution in [3.63, 3.8) is 0 Å². The molecule has 0 bridgehead atoms. The molecule has 2 aliphatic carbocycles. The van der Waals surface area contributed by atoms with Gasteiger partial charge in [0.15, 0.2) is 0 Å². The fourth-order valence-corrected chi connectivity index (χ4v) is 5.63. The van der Waals surface area contributed by atoms with Gasteiger partial charge in [0.1, 0.15) is 12.2 Å². The second kappa shape index (κ2) is 11.4. The highest BCUT2D eigenvalue weighted by Crippen LogP contribution is 2.43. The molecule has 2 fully saturated rings. The van der Waals surface area contributed by atoms with Gasteiger partial charge in [-0.2, -0.15) is 13.2 Å². The van der Waals surface area contributed by atoms with Gasteiger partial charge >= 0.3 is 6.18 Å². The lowest BCUT2D eigenvalue weighted by Crippen LogP contribution is -2.31. The number of aryl methyl sites for hydroxylation is 1. The van der Waals surface area contributed by atoms with Gasteiger partial charge in [-0.3, -0.25) is 0 Å². The summed E-state index contributed by atoms with van der Waals surface area (Å²) in [5, 5.41) is 11.8. The largest absolute Gasteiger partial charge is 0.418 e. The van der Waals surface area contributed by atoms with Crippen LogP contribution in [0.3, 0.4) is 0 Å². The lowest BCUT2D eigenvalue weighted by molar-refractivity contribution is -0.0912. The molecule has 0 radical (unpaired) electrons. The zero-order valence-corrected chi connectivity index (χ0v) is 22.7. The molecule has 0 saturated heterocycles. The third kappa shape index (κ3) is 5.98. The van der Waals surface area contributed by atoms with Crippen LogP contribution in [-0.4, -0.2) is 46.0 Å². The molecule has 1 aromatic heterocycles. The fraction of sp³-hybridized carbons (Fsp3) is 0.467. The predicted octanol–water partition coefficient (Wildman–Crippen LogP) is 6.25. The van der Waals surface area contributed by atoms with Crippen LogP contribution in [0, 0.1) is 11.8 Å². The minimum Gasteiger partial charge on any atom is -0.349 e.